The van der Waals surface area contributed by atoms with Gasteiger partial charge in [-0.2, -0.15) is 8.42 Å². The fourth-order valence-corrected chi connectivity index (χ4v) is 1.87. The molecule has 0 saturated heterocycles. The van der Waals surface area contributed by atoms with Gasteiger partial charge in [0.25, 0.3) is 0 Å². The first-order valence-electron chi connectivity index (χ1n) is 4.72. The summed E-state index contributed by atoms with van der Waals surface area (Å²) in [6.45, 7) is 0. The molecule has 1 aliphatic rings. The van der Waals surface area contributed by atoms with Crippen LogP contribution in [-0.4, -0.2) is 40.1 Å². The monoisotopic (exact) mass is 263 g/mol. The lowest BCUT2D eigenvalue weighted by atomic mass is 9.95. The molecule has 17 heavy (non-hydrogen) atoms. The van der Waals surface area contributed by atoms with Crippen LogP contribution in [0.1, 0.15) is 6.42 Å². The molecule has 0 fully saturated rings. The summed E-state index contributed by atoms with van der Waals surface area (Å²) in [6, 6.07) is -1.08. The van der Waals surface area contributed by atoms with E-state index in [0.29, 0.717) is 0 Å². The van der Waals surface area contributed by atoms with E-state index < -0.39 is 33.0 Å². The van der Waals surface area contributed by atoms with Gasteiger partial charge in [-0.25, -0.2) is 0 Å². The van der Waals surface area contributed by atoms with Crippen LogP contribution in [0.4, 0.5) is 0 Å². The second-order valence-electron chi connectivity index (χ2n) is 3.79. The van der Waals surface area contributed by atoms with E-state index in [1.807, 2.05) is 0 Å². The third-order valence-corrected chi connectivity index (χ3v) is 3.52. The van der Waals surface area contributed by atoms with Crippen LogP contribution >= 0.6 is 0 Å². The minimum Gasteiger partial charge on any atom is -0.480 e. The minimum atomic E-state index is -4.66. The van der Waals surface area contributed by atoms with Crippen molar-refractivity contribution in [3.8, 4) is 0 Å². The number of aliphatic carboxylic acids is 1. The van der Waals surface area contributed by atoms with E-state index in [2.05, 4.69) is 0 Å². The molecule has 7 nitrogen and oxygen atoms in total. The van der Waals surface area contributed by atoms with Crippen molar-refractivity contribution in [2.45, 2.75) is 17.4 Å². The van der Waals surface area contributed by atoms with Crippen LogP contribution in [0, 0.1) is 5.92 Å². The first-order valence-corrected chi connectivity index (χ1v) is 6.16. The summed E-state index contributed by atoms with van der Waals surface area (Å²) in [5, 5.41) is 18.1. The van der Waals surface area contributed by atoms with Crippen molar-refractivity contribution < 1.29 is 28.0 Å². The summed E-state index contributed by atoms with van der Waals surface area (Å²) in [5.41, 5.74) is 5.30. The summed E-state index contributed by atoms with van der Waals surface area (Å²) in [5.74, 6) is -1.56. The summed E-state index contributed by atoms with van der Waals surface area (Å²) >= 11 is 0. The van der Waals surface area contributed by atoms with Gasteiger partial charge in [0.1, 0.15) is 6.04 Å². The molecule has 0 aromatic heterocycles. The Kier molecular flexibility index (Phi) is 3.72. The molecular formula is C9H13NO6S. The van der Waals surface area contributed by atoms with E-state index in [4.69, 9.17) is 15.4 Å². The third-order valence-electron chi connectivity index (χ3n) is 2.42. The molecule has 5 N–H and O–H groups in total. The lowest BCUT2D eigenvalue weighted by Gasteiger charge is -2.23. The van der Waals surface area contributed by atoms with Gasteiger partial charge in [-0.1, -0.05) is 12.2 Å². The minimum absolute atomic E-state index is 0.0733. The normalized spacial score (nSPS) is 30.2. The number of allylic oxidation sites excluding steroid dienone is 2. The largest absolute Gasteiger partial charge is 0.480 e. The maximum atomic E-state index is 10.8. The third kappa shape index (κ3) is 3.13. The molecule has 0 heterocycles. The number of hydrogen-bond acceptors (Lipinski definition) is 5. The zero-order valence-corrected chi connectivity index (χ0v) is 9.54. The molecule has 0 aromatic rings. The van der Waals surface area contributed by atoms with Crippen LogP contribution in [0.15, 0.2) is 24.3 Å². The fourth-order valence-electron chi connectivity index (χ4n) is 1.37. The van der Waals surface area contributed by atoms with Crippen LogP contribution < -0.4 is 5.73 Å². The van der Waals surface area contributed by atoms with Gasteiger partial charge in [0.2, 0.25) is 4.93 Å². The number of carboxylic acids is 1. The number of carbonyl (C=O) groups is 1. The molecule has 0 radical (unpaired) electrons. The van der Waals surface area contributed by atoms with E-state index in [1.54, 1.807) is 0 Å². The molecule has 0 saturated carbocycles. The maximum absolute atomic E-state index is 10.8. The van der Waals surface area contributed by atoms with E-state index >= 15 is 0 Å². The first-order chi connectivity index (χ1) is 7.66. The second-order valence-corrected chi connectivity index (χ2v) is 5.39. The molecule has 0 bridgehead atoms. The molecule has 96 valence electrons. The Balaban J connectivity index is 2.76. The number of rotatable bonds is 4. The number of aliphatic hydroxyl groups is 1. The molecule has 1 atom stereocenters. The number of hydrogen-bond donors (Lipinski definition) is 4. The van der Waals surface area contributed by atoms with Crippen LogP contribution in [0.25, 0.3) is 0 Å². The predicted octanol–water partition coefficient (Wildman–Crippen LogP) is -0.893. The highest BCUT2D eigenvalue weighted by Gasteiger charge is 2.37. The Hall–Kier alpha value is -1.22. The lowest BCUT2D eigenvalue weighted by Crippen LogP contribution is -2.37. The fraction of sp³-hybridized carbons (Fsp3) is 0.444. The topological polar surface area (TPSA) is 138 Å². The van der Waals surface area contributed by atoms with Gasteiger partial charge in [-0.15, -0.1) is 0 Å². The van der Waals surface area contributed by atoms with Gasteiger partial charge >= 0.3 is 16.1 Å². The van der Waals surface area contributed by atoms with E-state index in [9.17, 15) is 18.3 Å². The van der Waals surface area contributed by atoms with Crippen LogP contribution in [0.2, 0.25) is 0 Å². The summed E-state index contributed by atoms with van der Waals surface area (Å²) < 4.78 is 30.4. The van der Waals surface area contributed by atoms with Crippen molar-refractivity contribution in [3.05, 3.63) is 24.3 Å². The first kappa shape index (κ1) is 13.8. The van der Waals surface area contributed by atoms with Crippen molar-refractivity contribution >= 4 is 16.1 Å². The van der Waals surface area contributed by atoms with Gasteiger partial charge in [-0.05, 0) is 24.5 Å². The van der Waals surface area contributed by atoms with Crippen LogP contribution in [0.5, 0.6) is 0 Å². The smallest absolute Gasteiger partial charge is 0.320 e. The van der Waals surface area contributed by atoms with Gasteiger partial charge in [0.05, 0.1) is 0 Å². The molecule has 0 aliphatic heterocycles. The van der Waals surface area contributed by atoms with E-state index in [-0.39, 0.29) is 6.42 Å². The van der Waals surface area contributed by atoms with Crippen molar-refractivity contribution in [1.29, 1.82) is 0 Å². The Morgan fingerprint density at radius 1 is 1.41 bits per heavy atom. The molecule has 0 aromatic carbocycles. The molecule has 0 amide bonds. The summed E-state index contributed by atoms with van der Waals surface area (Å²) in [7, 11) is -4.66. The Morgan fingerprint density at radius 3 is 2.24 bits per heavy atom. The summed E-state index contributed by atoms with van der Waals surface area (Å²) in [6.07, 6.45) is 4.43. The summed E-state index contributed by atoms with van der Waals surface area (Å²) in [4.78, 5) is 8.05. The van der Waals surface area contributed by atoms with Crippen molar-refractivity contribution in [3.63, 3.8) is 0 Å². The zero-order chi connectivity index (χ0) is 13.3. The van der Waals surface area contributed by atoms with Crippen molar-refractivity contribution in [2.75, 3.05) is 0 Å². The van der Waals surface area contributed by atoms with Gasteiger partial charge < -0.3 is 15.9 Å². The van der Waals surface area contributed by atoms with Gasteiger partial charge in [-0.3, -0.25) is 9.35 Å². The van der Waals surface area contributed by atoms with Crippen LogP contribution in [-0.2, 0) is 14.9 Å². The lowest BCUT2D eigenvalue weighted by molar-refractivity contribution is -0.138. The van der Waals surface area contributed by atoms with Gasteiger partial charge in [0, 0.05) is 0 Å². The van der Waals surface area contributed by atoms with E-state index in [1.165, 1.54) is 12.2 Å². The molecule has 1 unspecified atom stereocenters. The predicted molar refractivity (Wildman–Crippen MR) is 58.5 cm³/mol. The standard InChI is InChI=1S/C9H13NO6S/c10-7(8(11)12)5-6-1-3-9(13,4-2-6)17(14,15)16/h1-4,6-7,13H,5,10H2,(H,11,12)(H,14,15,16). The quantitative estimate of drug-likeness (QED) is 0.381. The highest BCUT2D eigenvalue weighted by molar-refractivity contribution is 7.87. The number of carboxylic acid groups (broad SMARTS) is 1. The zero-order valence-electron chi connectivity index (χ0n) is 8.72. The highest BCUT2D eigenvalue weighted by atomic mass is 32.2. The molecular weight excluding hydrogens is 250 g/mol. The Labute approximate surface area is 98.0 Å². The maximum Gasteiger partial charge on any atom is 0.320 e. The van der Waals surface area contributed by atoms with Crippen LogP contribution in [0.3, 0.4) is 0 Å². The average molecular weight is 263 g/mol. The molecule has 1 aliphatic carbocycles. The number of nitrogens with two attached hydrogens (primary N) is 1. The Bertz CT molecular complexity index is 452. The molecule has 1 rings (SSSR count). The Morgan fingerprint density at radius 2 is 1.88 bits per heavy atom. The molecule has 0 spiro atoms. The van der Waals surface area contributed by atoms with Crippen molar-refractivity contribution in [1.82, 2.24) is 0 Å². The average Bonchev–Trinajstić information content (AvgIpc) is 2.19. The highest BCUT2D eigenvalue weighted by Crippen LogP contribution is 2.25. The van der Waals surface area contributed by atoms with Crippen molar-refractivity contribution in [2.24, 2.45) is 11.7 Å². The van der Waals surface area contributed by atoms with E-state index in [0.717, 1.165) is 12.2 Å². The van der Waals surface area contributed by atoms with Gasteiger partial charge in [0.15, 0.2) is 0 Å². The second kappa shape index (κ2) is 4.57. The SMILES string of the molecule is NC(CC1C=CC(O)(S(=O)(=O)O)C=C1)C(=O)O. The molecule has 8 heteroatoms.